The maximum atomic E-state index is 11.3. The fourth-order valence-corrected chi connectivity index (χ4v) is 1.97. The second-order valence-corrected chi connectivity index (χ2v) is 4.70. The highest BCUT2D eigenvalue weighted by atomic mass is 16.5. The van der Waals surface area contributed by atoms with Crippen LogP contribution in [0.3, 0.4) is 0 Å². The Bertz CT molecular complexity index is 566. The molecule has 0 aliphatic carbocycles. The molecule has 0 amide bonds. The number of rotatable bonds is 6. The summed E-state index contributed by atoms with van der Waals surface area (Å²) in [5.41, 5.74) is 7.69. The Kier molecular flexibility index (Phi) is 5.35. The topological polar surface area (TPSA) is 61.5 Å². The third-order valence-electron chi connectivity index (χ3n) is 3.12. The molecule has 110 valence electrons. The van der Waals surface area contributed by atoms with Crippen molar-refractivity contribution in [1.29, 1.82) is 0 Å². The summed E-state index contributed by atoms with van der Waals surface area (Å²) in [7, 11) is 1.35. The number of aryl methyl sites for hydroxylation is 1. The first-order valence-corrected chi connectivity index (χ1v) is 6.83. The van der Waals surface area contributed by atoms with Gasteiger partial charge in [0, 0.05) is 6.42 Å². The van der Waals surface area contributed by atoms with Gasteiger partial charge in [0.25, 0.3) is 0 Å². The van der Waals surface area contributed by atoms with Crippen molar-refractivity contribution in [2.75, 3.05) is 7.11 Å². The molecular weight excluding hydrogens is 266 g/mol. The van der Waals surface area contributed by atoms with E-state index in [1.165, 1.54) is 12.7 Å². The highest BCUT2D eigenvalue weighted by Crippen LogP contribution is 2.15. The number of benzene rings is 2. The van der Waals surface area contributed by atoms with Gasteiger partial charge in [-0.1, -0.05) is 30.3 Å². The van der Waals surface area contributed by atoms with Crippen LogP contribution < -0.4 is 10.5 Å². The van der Waals surface area contributed by atoms with Gasteiger partial charge < -0.3 is 9.47 Å². The minimum Gasteiger partial charge on any atom is -0.476 e. The van der Waals surface area contributed by atoms with Gasteiger partial charge in [-0.05, 0) is 36.2 Å². The third-order valence-corrected chi connectivity index (χ3v) is 3.12. The van der Waals surface area contributed by atoms with Crippen LogP contribution in [0.25, 0.3) is 0 Å². The van der Waals surface area contributed by atoms with Crippen LogP contribution in [0.2, 0.25) is 0 Å². The largest absolute Gasteiger partial charge is 0.476 e. The fourth-order valence-electron chi connectivity index (χ4n) is 1.97. The fraction of sp³-hybridized carbons (Fsp3) is 0.235. The smallest absolute Gasteiger partial charge is 0.337 e. The van der Waals surface area contributed by atoms with Gasteiger partial charge in [0.1, 0.15) is 12.0 Å². The second kappa shape index (κ2) is 7.45. The van der Waals surface area contributed by atoms with Crippen molar-refractivity contribution < 1.29 is 14.3 Å². The van der Waals surface area contributed by atoms with Gasteiger partial charge in [0.05, 0.1) is 12.7 Å². The van der Waals surface area contributed by atoms with Crippen LogP contribution in [0.5, 0.6) is 5.75 Å². The number of nitrogens with two attached hydrogens (primary N) is 1. The van der Waals surface area contributed by atoms with Gasteiger partial charge in [-0.2, -0.15) is 0 Å². The zero-order valence-corrected chi connectivity index (χ0v) is 12.0. The number of esters is 1. The van der Waals surface area contributed by atoms with E-state index in [4.69, 9.17) is 10.5 Å². The summed E-state index contributed by atoms with van der Waals surface area (Å²) in [6, 6.07) is 16.9. The maximum Gasteiger partial charge on any atom is 0.337 e. The molecule has 0 radical (unpaired) electrons. The van der Waals surface area contributed by atoms with E-state index in [9.17, 15) is 4.79 Å². The predicted molar refractivity (Wildman–Crippen MR) is 81.1 cm³/mol. The molecule has 1 unspecified atom stereocenters. The standard InChI is InChI=1S/C17H19NO3/c1-20-17(19)14-8-10-15(11-9-14)21-16(18)12-7-13-5-3-2-4-6-13/h2-6,8-11,16H,7,12,18H2,1H3. The highest BCUT2D eigenvalue weighted by molar-refractivity contribution is 5.89. The molecule has 4 heteroatoms. The first kappa shape index (κ1) is 15.1. The van der Waals surface area contributed by atoms with Crippen LogP contribution in [0.1, 0.15) is 22.3 Å². The van der Waals surface area contributed by atoms with Gasteiger partial charge in [0.15, 0.2) is 0 Å². The second-order valence-electron chi connectivity index (χ2n) is 4.70. The molecule has 4 nitrogen and oxygen atoms in total. The molecule has 2 N–H and O–H groups in total. The molecule has 2 aromatic rings. The normalized spacial score (nSPS) is 11.7. The minimum absolute atomic E-state index is 0.366. The number of hydrogen-bond donors (Lipinski definition) is 1. The van der Waals surface area contributed by atoms with Crippen molar-refractivity contribution in [1.82, 2.24) is 0 Å². The van der Waals surface area contributed by atoms with Gasteiger partial charge in [-0.15, -0.1) is 0 Å². The molecular formula is C17H19NO3. The molecule has 0 aliphatic heterocycles. The Morgan fingerprint density at radius 2 is 1.76 bits per heavy atom. The Labute approximate surface area is 124 Å². The summed E-state index contributed by atoms with van der Waals surface area (Å²) in [4.78, 5) is 11.3. The number of carbonyl (C=O) groups excluding carboxylic acids is 1. The third kappa shape index (κ3) is 4.61. The van der Waals surface area contributed by atoms with Crippen LogP contribution in [-0.2, 0) is 11.2 Å². The molecule has 0 spiro atoms. The lowest BCUT2D eigenvalue weighted by Gasteiger charge is -2.14. The first-order valence-electron chi connectivity index (χ1n) is 6.83. The molecule has 0 heterocycles. The molecule has 0 aromatic heterocycles. The number of ether oxygens (including phenoxy) is 2. The quantitative estimate of drug-likeness (QED) is 0.655. The molecule has 0 bridgehead atoms. The first-order chi connectivity index (χ1) is 10.2. The highest BCUT2D eigenvalue weighted by Gasteiger charge is 2.07. The van der Waals surface area contributed by atoms with Crippen molar-refractivity contribution >= 4 is 5.97 Å². The van der Waals surface area contributed by atoms with Crippen LogP contribution in [-0.4, -0.2) is 19.3 Å². The van der Waals surface area contributed by atoms with Crippen molar-refractivity contribution in [2.24, 2.45) is 5.73 Å². The van der Waals surface area contributed by atoms with E-state index in [1.807, 2.05) is 18.2 Å². The minimum atomic E-state index is -0.380. The Morgan fingerprint density at radius 1 is 1.10 bits per heavy atom. The molecule has 0 fully saturated rings. The average molecular weight is 285 g/mol. The zero-order chi connectivity index (χ0) is 15.1. The molecule has 2 rings (SSSR count). The van der Waals surface area contributed by atoms with Crippen molar-refractivity contribution in [3.63, 3.8) is 0 Å². The van der Waals surface area contributed by atoms with Crippen molar-refractivity contribution in [3.8, 4) is 5.75 Å². The Morgan fingerprint density at radius 3 is 2.38 bits per heavy atom. The van der Waals surface area contributed by atoms with Crippen LogP contribution in [0.15, 0.2) is 54.6 Å². The summed E-state index contributed by atoms with van der Waals surface area (Å²) in [6.07, 6.45) is 1.21. The van der Waals surface area contributed by atoms with Gasteiger partial charge in [-0.3, -0.25) is 5.73 Å². The van der Waals surface area contributed by atoms with Crippen LogP contribution >= 0.6 is 0 Å². The van der Waals surface area contributed by atoms with Crippen molar-refractivity contribution in [2.45, 2.75) is 19.1 Å². The van der Waals surface area contributed by atoms with Crippen LogP contribution in [0.4, 0.5) is 0 Å². The van der Waals surface area contributed by atoms with E-state index in [2.05, 4.69) is 16.9 Å². The lowest BCUT2D eigenvalue weighted by atomic mass is 10.1. The Balaban J connectivity index is 1.85. The molecule has 0 aliphatic rings. The summed E-state index contributed by atoms with van der Waals surface area (Å²) in [5.74, 6) is 0.276. The lowest BCUT2D eigenvalue weighted by molar-refractivity contribution is 0.0600. The van der Waals surface area contributed by atoms with E-state index in [0.29, 0.717) is 11.3 Å². The predicted octanol–water partition coefficient (Wildman–Crippen LogP) is 2.77. The zero-order valence-electron chi connectivity index (χ0n) is 12.0. The van der Waals surface area contributed by atoms with E-state index in [1.54, 1.807) is 24.3 Å². The lowest BCUT2D eigenvalue weighted by Crippen LogP contribution is -2.27. The molecule has 0 saturated carbocycles. The number of carbonyl (C=O) groups is 1. The molecule has 0 saturated heterocycles. The van der Waals surface area contributed by atoms with E-state index >= 15 is 0 Å². The van der Waals surface area contributed by atoms with E-state index in [-0.39, 0.29) is 12.2 Å². The van der Waals surface area contributed by atoms with E-state index < -0.39 is 0 Å². The molecule has 1 atom stereocenters. The summed E-state index contributed by atoms with van der Waals surface area (Å²) >= 11 is 0. The molecule has 2 aromatic carbocycles. The number of hydrogen-bond acceptors (Lipinski definition) is 4. The van der Waals surface area contributed by atoms with Crippen molar-refractivity contribution in [3.05, 3.63) is 65.7 Å². The van der Waals surface area contributed by atoms with Crippen LogP contribution in [0, 0.1) is 0 Å². The van der Waals surface area contributed by atoms with Gasteiger partial charge in [0.2, 0.25) is 0 Å². The SMILES string of the molecule is COC(=O)c1ccc(OC(N)CCc2ccccc2)cc1. The maximum absolute atomic E-state index is 11.3. The average Bonchev–Trinajstić information content (AvgIpc) is 2.54. The summed E-state index contributed by atoms with van der Waals surface area (Å²) < 4.78 is 10.3. The summed E-state index contributed by atoms with van der Waals surface area (Å²) in [6.45, 7) is 0. The van der Waals surface area contributed by atoms with E-state index in [0.717, 1.165) is 12.8 Å². The number of methoxy groups -OCH3 is 1. The molecule has 21 heavy (non-hydrogen) atoms. The van der Waals surface area contributed by atoms with Gasteiger partial charge >= 0.3 is 5.97 Å². The summed E-state index contributed by atoms with van der Waals surface area (Å²) in [5, 5.41) is 0. The monoisotopic (exact) mass is 285 g/mol. The van der Waals surface area contributed by atoms with Gasteiger partial charge in [-0.25, -0.2) is 4.79 Å². The Hall–Kier alpha value is -2.33.